The van der Waals surface area contributed by atoms with Gasteiger partial charge in [0.1, 0.15) is 0 Å². The maximum atomic E-state index is 3.66. The number of fused-ring (bicyclic) bond motifs is 5. The standard InChI is InChI=1S/C32H37N/c1-32(2)30-9-4-3-8-28(30)29-17-16-27(21-31(29)32)33-26-14-12-22(13-15-26)10-11-25-19-23-6-5-7-24(18-23)20-25/h3-4,8-9,12-17,21,23-25,33H,5-7,10-11,18-20H2,1-2H3. The Balaban J connectivity index is 1.11. The Hall–Kier alpha value is -2.54. The molecule has 0 spiro atoms. The Morgan fingerprint density at radius 2 is 1.45 bits per heavy atom. The van der Waals surface area contributed by atoms with Crippen molar-refractivity contribution in [1.82, 2.24) is 0 Å². The highest BCUT2D eigenvalue weighted by Gasteiger charge is 2.35. The molecule has 2 unspecified atom stereocenters. The van der Waals surface area contributed by atoms with E-state index in [2.05, 4.69) is 85.9 Å². The number of hydrogen-bond acceptors (Lipinski definition) is 1. The van der Waals surface area contributed by atoms with E-state index in [4.69, 9.17) is 0 Å². The van der Waals surface area contributed by atoms with Crippen LogP contribution in [-0.2, 0) is 11.8 Å². The van der Waals surface area contributed by atoms with Crippen molar-refractivity contribution in [1.29, 1.82) is 0 Å². The van der Waals surface area contributed by atoms with Crippen LogP contribution in [0.3, 0.4) is 0 Å². The van der Waals surface area contributed by atoms with E-state index in [9.17, 15) is 0 Å². The minimum atomic E-state index is 0.0467. The zero-order chi connectivity index (χ0) is 22.4. The van der Waals surface area contributed by atoms with Crippen LogP contribution in [0.15, 0.2) is 66.7 Å². The number of aryl methyl sites for hydroxylation is 1. The summed E-state index contributed by atoms with van der Waals surface area (Å²) < 4.78 is 0. The van der Waals surface area contributed by atoms with Crippen molar-refractivity contribution in [2.24, 2.45) is 17.8 Å². The van der Waals surface area contributed by atoms with E-state index in [0.717, 1.165) is 17.8 Å². The first-order valence-electron chi connectivity index (χ1n) is 13.2. The van der Waals surface area contributed by atoms with Crippen LogP contribution in [0, 0.1) is 17.8 Å². The predicted molar refractivity (Wildman–Crippen MR) is 140 cm³/mol. The van der Waals surface area contributed by atoms with Gasteiger partial charge in [0.2, 0.25) is 0 Å². The fraction of sp³-hybridized carbons (Fsp3) is 0.438. The van der Waals surface area contributed by atoms with Gasteiger partial charge in [-0.05, 0) is 102 Å². The molecule has 2 fully saturated rings. The molecule has 1 heteroatoms. The van der Waals surface area contributed by atoms with E-state index in [1.54, 1.807) is 0 Å². The molecule has 1 nitrogen and oxygen atoms in total. The van der Waals surface area contributed by atoms with Crippen LogP contribution in [0.5, 0.6) is 0 Å². The first kappa shape index (κ1) is 21.0. The molecule has 2 atom stereocenters. The van der Waals surface area contributed by atoms with Crippen LogP contribution in [-0.4, -0.2) is 0 Å². The van der Waals surface area contributed by atoms with Crippen molar-refractivity contribution in [2.45, 2.75) is 70.6 Å². The zero-order valence-corrected chi connectivity index (χ0v) is 20.2. The summed E-state index contributed by atoms with van der Waals surface area (Å²) >= 11 is 0. The van der Waals surface area contributed by atoms with Crippen molar-refractivity contribution < 1.29 is 0 Å². The minimum Gasteiger partial charge on any atom is -0.356 e. The summed E-state index contributed by atoms with van der Waals surface area (Å²) in [6, 6.07) is 24.9. The molecule has 33 heavy (non-hydrogen) atoms. The molecule has 0 aliphatic heterocycles. The maximum Gasteiger partial charge on any atom is 0.0387 e. The normalized spacial score (nSPS) is 24.7. The summed E-state index contributed by atoms with van der Waals surface area (Å²) in [7, 11) is 0. The second-order valence-corrected chi connectivity index (χ2v) is 11.5. The van der Waals surface area contributed by atoms with E-state index in [1.807, 2.05) is 0 Å². The van der Waals surface area contributed by atoms with E-state index >= 15 is 0 Å². The Labute approximate surface area is 199 Å². The topological polar surface area (TPSA) is 12.0 Å². The highest BCUT2D eigenvalue weighted by molar-refractivity contribution is 5.82. The molecule has 0 aromatic heterocycles. The average molecular weight is 436 g/mol. The molecule has 3 aromatic carbocycles. The number of nitrogens with one attached hydrogen (secondary N) is 1. The summed E-state index contributed by atoms with van der Waals surface area (Å²) in [5.41, 5.74) is 9.51. The molecule has 0 heterocycles. The Morgan fingerprint density at radius 3 is 2.24 bits per heavy atom. The molecular weight excluding hydrogens is 398 g/mol. The molecule has 6 rings (SSSR count). The largest absolute Gasteiger partial charge is 0.356 e. The zero-order valence-electron chi connectivity index (χ0n) is 20.2. The highest BCUT2D eigenvalue weighted by Crippen LogP contribution is 2.49. The SMILES string of the molecule is CC1(C)c2ccccc2-c2ccc(Nc3ccc(CCC4CC5CCCC(C5)C4)cc3)cc21. The summed E-state index contributed by atoms with van der Waals surface area (Å²) in [6.07, 6.45) is 11.6. The third-order valence-electron chi connectivity index (χ3n) is 8.89. The van der Waals surface area contributed by atoms with Crippen molar-refractivity contribution >= 4 is 11.4 Å². The van der Waals surface area contributed by atoms with Crippen LogP contribution in [0.1, 0.15) is 75.5 Å². The Bertz CT molecular complexity index is 1130. The highest BCUT2D eigenvalue weighted by atomic mass is 14.9. The summed E-state index contributed by atoms with van der Waals surface area (Å²) in [4.78, 5) is 0. The van der Waals surface area contributed by atoms with Crippen LogP contribution >= 0.6 is 0 Å². The first-order valence-corrected chi connectivity index (χ1v) is 13.2. The number of rotatable bonds is 5. The predicted octanol–water partition coefficient (Wildman–Crippen LogP) is 8.89. The van der Waals surface area contributed by atoms with Gasteiger partial charge >= 0.3 is 0 Å². The lowest BCUT2D eigenvalue weighted by Crippen LogP contribution is -2.27. The van der Waals surface area contributed by atoms with E-state index in [-0.39, 0.29) is 5.41 Å². The Kier molecular flexibility index (Phi) is 5.32. The third kappa shape index (κ3) is 4.01. The van der Waals surface area contributed by atoms with Crippen molar-refractivity contribution in [3.8, 4) is 11.1 Å². The van der Waals surface area contributed by atoms with Gasteiger partial charge in [-0.2, -0.15) is 0 Å². The van der Waals surface area contributed by atoms with Gasteiger partial charge in [-0.1, -0.05) is 75.6 Å². The van der Waals surface area contributed by atoms with Crippen molar-refractivity contribution in [2.75, 3.05) is 5.32 Å². The van der Waals surface area contributed by atoms with Crippen LogP contribution in [0.4, 0.5) is 11.4 Å². The lowest BCUT2D eigenvalue weighted by atomic mass is 9.67. The molecule has 2 bridgehead atoms. The van der Waals surface area contributed by atoms with Crippen molar-refractivity contribution in [3.63, 3.8) is 0 Å². The second-order valence-electron chi connectivity index (χ2n) is 11.5. The lowest BCUT2D eigenvalue weighted by Gasteiger charge is -2.39. The molecule has 3 aromatic rings. The molecule has 2 saturated carbocycles. The number of benzene rings is 3. The van der Waals surface area contributed by atoms with E-state index < -0.39 is 0 Å². The lowest BCUT2D eigenvalue weighted by molar-refractivity contribution is 0.132. The van der Waals surface area contributed by atoms with Gasteiger partial charge in [-0.3, -0.25) is 0 Å². The third-order valence-corrected chi connectivity index (χ3v) is 8.89. The van der Waals surface area contributed by atoms with Gasteiger partial charge in [0, 0.05) is 16.8 Å². The van der Waals surface area contributed by atoms with Gasteiger partial charge in [0.05, 0.1) is 0 Å². The minimum absolute atomic E-state index is 0.0467. The van der Waals surface area contributed by atoms with Gasteiger partial charge < -0.3 is 5.32 Å². The molecule has 0 saturated heterocycles. The fourth-order valence-corrected chi connectivity index (χ4v) is 7.18. The van der Waals surface area contributed by atoms with Crippen LogP contribution in [0.25, 0.3) is 11.1 Å². The molecule has 0 radical (unpaired) electrons. The van der Waals surface area contributed by atoms with E-state index in [0.29, 0.717) is 0 Å². The average Bonchev–Trinajstić information content (AvgIpc) is 3.05. The summed E-state index contributed by atoms with van der Waals surface area (Å²) in [6.45, 7) is 4.69. The smallest absolute Gasteiger partial charge is 0.0387 e. The Morgan fingerprint density at radius 1 is 0.758 bits per heavy atom. The molecule has 1 N–H and O–H groups in total. The monoisotopic (exact) mass is 435 g/mol. The maximum absolute atomic E-state index is 3.66. The van der Waals surface area contributed by atoms with Crippen LogP contribution < -0.4 is 5.32 Å². The molecule has 170 valence electrons. The van der Waals surface area contributed by atoms with Crippen LogP contribution in [0.2, 0.25) is 0 Å². The van der Waals surface area contributed by atoms with E-state index in [1.165, 1.54) is 90.6 Å². The molecular formula is C32H37N. The van der Waals surface area contributed by atoms with Gasteiger partial charge in [-0.15, -0.1) is 0 Å². The molecule has 3 aliphatic carbocycles. The van der Waals surface area contributed by atoms with Gasteiger partial charge in [0.25, 0.3) is 0 Å². The van der Waals surface area contributed by atoms with Gasteiger partial charge in [0.15, 0.2) is 0 Å². The van der Waals surface area contributed by atoms with Crippen molar-refractivity contribution in [3.05, 3.63) is 83.4 Å². The van der Waals surface area contributed by atoms with Gasteiger partial charge in [-0.25, -0.2) is 0 Å². The fourth-order valence-electron chi connectivity index (χ4n) is 7.18. The number of anilines is 2. The number of hydrogen-bond donors (Lipinski definition) is 1. The second kappa shape index (κ2) is 8.35. The first-order chi connectivity index (χ1) is 16.1. The quantitative estimate of drug-likeness (QED) is 0.422. The molecule has 3 aliphatic rings. The molecule has 0 amide bonds. The summed E-state index contributed by atoms with van der Waals surface area (Å²) in [5, 5.41) is 3.66. The summed E-state index contributed by atoms with van der Waals surface area (Å²) in [5.74, 6) is 3.05.